The molecule has 12 heavy (non-hydrogen) atoms. The third-order valence-corrected chi connectivity index (χ3v) is 2.92. The molecule has 2 N–H and O–H groups in total. The van der Waals surface area contributed by atoms with Crippen LogP contribution in [0.5, 0.6) is 0 Å². The molecule has 0 aliphatic rings. The molecule has 0 spiro atoms. The van der Waals surface area contributed by atoms with Crippen LogP contribution in [0.15, 0.2) is 6.20 Å². The van der Waals surface area contributed by atoms with E-state index in [4.69, 9.17) is 17.3 Å². The second kappa shape index (κ2) is 3.91. The van der Waals surface area contributed by atoms with Gasteiger partial charge in [-0.1, -0.05) is 18.5 Å². The fourth-order valence-electron chi connectivity index (χ4n) is 0.718. The molecule has 0 saturated carbocycles. The molecule has 0 amide bonds. The lowest BCUT2D eigenvalue weighted by atomic mass is 10.6. The zero-order valence-electron chi connectivity index (χ0n) is 6.66. The van der Waals surface area contributed by atoms with Crippen molar-refractivity contribution in [3.63, 3.8) is 0 Å². The van der Waals surface area contributed by atoms with Gasteiger partial charge in [-0.3, -0.25) is 0 Å². The first-order valence-electron chi connectivity index (χ1n) is 3.54. The second-order valence-electron chi connectivity index (χ2n) is 2.29. The Morgan fingerprint density at radius 1 is 1.83 bits per heavy atom. The van der Waals surface area contributed by atoms with Crippen LogP contribution in [0.3, 0.4) is 0 Å². The Hall–Kier alpha value is -0.550. The van der Waals surface area contributed by atoms with Crippen molar-refractivity contribution in [1.82, 2.24) is 9.19 Å². The van der Waals surface area contributed by atoms with Crippen LogP contribution < -0.4 is 5.73 Å². The highest BCUT2D eigenvalue weighted by atomic mass is 35.5. The lowest BCUT2D eigenvalue weighted by molar-refractivity contribution is 0.670. The molecule has 1 unspecified atom stereocenters. The number of nitrogens with zero attached hydrogens (tertiary/aromatic N) is 2. The van der Waals surface area contributed by atoms with Crippen molar-refractivity contribution in [2.24, 2.45) is 0 Å². The maximum absolute atomic E-state index is 11.3. The Morgan fingerprint density at radius 3 is 2.92 bits per heavy atom. The number of rotatable bonds is 3. The number of aromatic nitrogens is 2. The zero-order chi connectivity index (χ0) is 9.14. The first kappa shape index (κ1) is 9.54. The molecule has 0 saturated heterocycles. The van der Waals surface area contributed by atoms with Gasteiger partial charge in [0.15, 0.2) is 5.82 Å². The van der Waals surface area contributed by atoms with Gasteiger partial charge in [0.2, 0.25) is 0 Å². The topological polar surface area (TPSA) is 60.9 Å². The minimum atomic E-state index is -1.13. The van der Waals surface area contributed by atoms with Crippen LogP contribution in [-0.2, 0) is 11.0 Å². The van der Waals surface area contributed by atoms with Crippen LogP contribution >= 0.6 is 11.6 Å². The molecule has 0 aliphatic carbocycles. The Labute approximate surface area is 78.3 Å². The molecule has 68 valence electrons. The van der Waals surface area contributed by atoms with E-state index in [1.54, 1.807) is 0 Å². The number of anilines is 1. The summed E-state index contributed by atoms with van der Waals surface area (Å²) < 4.78 is 12.6. The molecule has 1 aromatic heterocycles. The number of halogens is 1. The minimum absolute atomic E-state index is 0.223. The van der Waals surface area contributed by atoms with E-state index < -0.39 is 11.0 Å². The number of hydrogen-bond acceptors (Lipinski definition) is 3. The van der Waals surface area contributed by atoms with Crippen LogP contribution in [0.1, 0.15) is 13.3 Å². The Balaban J connectivity index is 2.82. The summed E-state index contributed by atoms with van der Waals surface area (Å²) in [6.45, 7) is 1.95. The SMILES string of the molecule is CCCS(=O)n1cc(Cl)c(N)n1. The molecule has 1 heterocycles. The molecule has 6 heteroatoms. The highest BCUT2D eigenvalue weighted by Crippen LogP contribution is 2.15. The lowest BCUT2D eigenvalue weighted by Crippen LogP contribution is -2.08. The van der Waals surface area contributed by atoms with E-state index in [0.29, 0.717) is 10.8 Å². The highest BCUT2D eigenvalue weighted by Gasteiger charge is 2.06. The average molecular weight is 208 g/mol. The summed E-state index contributed by atoms with van der Waals surface area (Å²) in [5.41, 5.74) is 5.38. The summed E-state index contributed by atoms with van der Waals surface area (Å²) in [6, 6.07) is 0. The third kappa shape index (κ3) is 1.98. The van der Waals surface area contributed by atoms with Gasteiger partial charge >= 0.3 is 0 Å². The Morgan fingerprint density at radius 2 is 2.50 bits per heavy atom. The van der Waals surface area contributed by atoms with Crippen LogP contribution in [-0.4, -0.2) is 19.1 Å². The largest absolute Gasteiger partial charge is 0.381 e. The maximum atomic E-state index is 11.3. The normalized spacial score (nSPS) is 13.2. The van der Waals surface area contributed by atoms with Crippen molar-refractivity contribution >= 4 is 28.4 Å². The first-order valence-corrected chi connectivity index (χ1v) is 5.20. The predicted octanol–water partition coefficient (Wildman–Crippen LogP) is 1.04. The molecule has 0 aromatic carbocycles. The fourth-order valence-corrected chi connectivity index (χ4v) is 1.84. The van der Waals surface area contributed by atoms with Gasteiger partial charge in [0, 0.05) is 5.75 Å². The van der Waals surface area contributed by atoms with Crippen molar-refractivity contribution in [1.29, 1.82) is 0 Å². The van der Waals surface area contributed by atoms with Gasteiger partial charge in [0.1, 0.15) is 16.0 Å². The highest BCUT2D eigenvalue weighted by molar-refractivity contribution is 7.83. The summed E-state index contributed by atoms with van der Waals surface area (Å²) in [5.74, 6) is 0.790. The first-order chi connectivity index (χ1) is 5.65. The van der Waals surface area contributed by atoms with Crippen LogP contribution in [0.2, 0.25) is 5.02 Å². The van der Waals surface area contributed by atoms with Gasteiger partial charge in [0.25, 0.3) is 0 Å². The van der Waals surface area contributed by atoms with Crippen molar-refractivity contribution in [2.45, 2.75) is 13.3 Å². The van der Waals surface area contributed by atoms with Crippen molar-refractivity contribution in [3.05, 3.63) is 11.2 Å². The summed E-state index contributed by atoms with van der Waals surface area (Å²) in [7, 11) is -1.13. The number of nitrogens with two attached hydrogens (primary N) is 1. The molecule has 0 aliphatic heterocycles. The summed E-state index contributed by atoms with van der Waals surface area (Å²) in [6.07, 6.45) is 2.31. The van der Waals surface area contributed by atoms with Crippen LogP contribution in [0.4, 0.5) is 5.82 Å². The Kier molecular flexibility index (Phi) is 3.11. The van der Waals surface area contributed by atoms with Gasteiger partial charge in [-0.05, 0) is 6.42 Å². The van der Waals surface area contributed by atoms with Crippen molar-refractivity contribution in [3.8, 4) is 0 Å². The van der Waals surface area contributed by atoms with Crippen molar-refractivity contribution < 1.29 is 4.21 Å². The molecular weight excluding hydrogens is 198 g/mol. The van der Waals surface area contributed by atoms with E-state index in [-0.39, 0.29) is 5.82 Å². The van der Waals surface area contributed by atoms with Crippen molar-refractivity contribution in [2.75, 3.05) is 11.5 Å². The van der Waals surface area contributed by atoms with Gasteiger partial charge in [-0.2, -0.15) is 4.09 Å². The molecule has 0 bridgehead atoms. The molecule has 0 fully saturated rings. The summed E-state index contributed by atoms with van der Waals surface area (Å²) in [4.78, 5) is 0. The second-order valence-corrected chi connectivity index (χ2v) is 4.12. The zero-order valence-corrected chi connectivity index (χ0v) is 8.23. The molecular formula is C6H10ClN3OS. The predicted molar refractivity (Wildman–Crippen MR) is 50.3 cm³/mol. The van der Waals surface area contributed by atoms with Gasteiger partial charge < -0.3 is 5.73 Å². The van der Waals surface area contributed by atoms with E-state index in [1.807, 2.05) is 6.92 Å². The molecule has 1 atom stereocenters. The third-order valence-electron chi connectivity index (χ3n) is 1.26. The molecule has 1 aromatic rings. The van der Waals surface area contributed by atoms with Gasteiger partial charge in [-0.25, -0.2) is 4.21 Å². The maximum Gasteiger partial charge on any atom is 0.165 e. The fraction of sp³-hybridized carbons (Fsp3) is 0.500. The smallest absolute Gasteiger partial charge is 0.165 e. The summed E-state index contributed by atoms with van der Waals surface area (Å²) >= 11 is 5.63. The summed E-state index contributed by atoms with van der Waals surface area (Å²) in [5, 5.41) is 4.14. The lowest BCUT2D eigenvalue weighted by Gasteiger charge is -1.96. The Bertz CT molecular complexity index is 279. The molecule has 1 rings (SSSR count). The van der Waals surface area contributed by atoms with E-state index in [1.165, 1.54) is 10.3 Å². The van der Waals surface area contributed by atoms with E-state index in [9.17, 15) is 4.21 Å². The minimum Gasteiger partial charge on any atom is -0.381 e. The standard InChI is InChI=1S/C6H10ClN3OS/c1-2-3-12(11)10-4-5(7)6(8)9-10/h4H,2-3H2,1H3,(H2,8,9). The quantitative estimate of drug-likeness (QED) is 0.806. The van der Waals surface area contributed by atoms with E-state index in [2.05, 4.69) is 5.10 Å². The van der Waals surface area contributed by atoms with E-state index >= 15 is 0 Å². The number of nitrogen functional groups attached to an aromatic ring is 1. The molecule has 0 radical (unpaired) electrons. The molecule has 4 nitrogen and oxygen atoms in total. The monoisotopic (exact) mass is 207 g/mol. The van der Waals surface area contributed by atoms with Gasteiger partial charge in [0.05, 0.1) is 6.20 Å². The number of hydrogen-bond donors (Lipinski definition) is 1. The van der Waals surface area contributed by atoms with Crippen LogP contribution in [0, 0.1) is 0 Å². The van der Waals surface area contributed by atoms with E-state index in [0.717, 1.165) is 6.42 Å². The van der Waals surface area contributed by atoms with Crippen LogP contribution in [0.25, 0.3) is 0 Å². The van der Waals surface area contributed by atoms with Gasteiger partial charge in [-0.15, -0.1) is 5.10 Å². The average Bonchev–Trinajstić information content (AvgIpc) is 2.33.